The lowest BCUT2D eigenvalue weighted by atomic mass is 10.2. The van der Waals surface area contributed by atoms with E-state index in [1.807, 2.05) is 36.0 Å². The summed E-state index contributed by atoms with van der Waals surface area (Å²) in [7, 11) is 0. The van der Waals surface area contributed by atoms with Gasteiger partial charge in [0.1, 0.15) is 0 Å². The standard InChI is InChI=1S/C21H27N3S2/c1-2-3-4-8-14-25-20-13-9-12-19(15-20)16-23-24-21(22)26-17-18-10-6-5-7-11-18/h5-7,9-13,15-16H,2-4,8,14,17H2,1H3,(H2,22,24). The Morgan fingerprint density at radius 3 is 2.69 bits per heavy atom. The molecule has 0 aliphatic rings. The quantitative estimate of drug-likeness (QED) is 0.181. The highest BCUT2D eigenvalue weighted by atomic mass is 32.2. The van der Waals surface area contributed by atoms with Gasteiger partial charge in [-0.1, -0.05) is 80.4 Å². The van der Waals surface area contributed by atoms with Gasteiger partial charge in [0.05, 0.1) is 6.21 Å². The van der Waals surface area contributed by atoms with E-state index in [9.17, 15) is 0 Å². The fraction of sp³-hybridized carbons (Fsp3) is 0.333. The van der Waals surface area contributed by atoms with Gasteiger partial charge in [-0.2, -0.15) is 5.10 Å². The zero-order valence-electron chi connectivity index (χ0n) is 15.3. The van der Waals surface area contributed by atoms with E-state index in [-0.39, 0.29) is 0 Å². The normalized spacial score (nSPS) is 12.0. The minimum Gasteiger partial charge on any atom is -0.377 e. The number of hydrogen-bond acceptors (Lipinski definition) is 4. The molecule has 0 aromatic heterocycles. The summed E-state index contributed by atoms with van der Waals surface area (Å²) in [6.07, 6.45) is 6.96. The summed E-state index contributed by atoms with van der Waals surface area (Å²) in [6.45, 7) is 2.24. The number of benzene rings is 2. The summed E-state index contributed by atoms with van der Waals surface area (Å²) in [5.41, 5.74) is 8.19. The van der Waals surface area contributed by atoms with Crippen molar-refractivity contribution in [2.24, 2.45) is 15.9 Å². The van der Waals surface area contributed by atoms with Crippen LogP contribution in [0.5, 0.6) is 0 Å². The second-order valence-corrected chi connectivity index (χ2v) is 8.10. The summed E-state index contributed by atoms with van der Waals surface area (Å²) < 4.78 is 0. The molecule has 5 heteroatoms. The Labute approximate surface area is 165 Å². The van der Waals surface area contributed by atoms with Crippen LogP contribution in [-0.4, -0.2) is 17.1 Å². The largest absolute Gasteiger partial charge is 0.377 e. The first-order valence-corrected chi connectivity index (χ1v) is 11.0. The van der Waals surface area contributed by atoms with Crippen LogP contribution in [0.3, 0.4) is 0 Å². The van der Waals surface area contributed by atoms with Crippen LogP contribution in [0, 0.1) is 0 Å². The van der Waals surface area contributed by atoms with E-state index in [2.05, 4.69) is 47.5 Å². The van der Waals surface area contributed by atoms with Gasteiger partial charge < -0.3 is 5.73 Å². The molecule has 2 aromatic rings. The number of thioether (sulfide) groups is 2. The zero-order valence-corrected chi connectivity index (χ0v) is 16.9. The van der Waals surface area contributed by atoms with Crippen molar-refractivity contribution in [1.82, 2.24) is 0 Å². The molecule has 0 spiro atoms. The number of amidine groups is 1. The highest BCUT2D eigenvalue weighted by Gasteiger charge is 1.97. The lowest BCUT2D eigenvalue weighted by Crippen LogP contribution is -2.05. The molecule has 0 bridgehead atoms. The van der Waals surface area contributed by atoms with E-state index in [0.29, 0.717) is 5.17 Å². The monoisotopic (exact) mass is 385 g/mol. The molecule has 0 amide bonds. The number of unbranched alkanes of at least 4 members (excludes halogenated alkanes) is 3. The topological polar surface area (TPSA) is 50.7 Å². The van der Waals surface area contributed by atoms with Crippen LogP contribution in [0.25, 0.3) is 0 Å². The van der Waals surface area contributed by atoms with E-state index < -0.39 is 0 Å². The maximum Gasteiger partial charge on any atom is 0.180 e. The van der Waals surface area contributed by atoms with Crippen molar-refractivity contribution in [1.29, 1.82) is 0 Å². The van der Waals surface area contributed by atoms with Crippen LogP contribution in [0.4, 0.5) is 0 Å². The Balaban J connectivity index is 1.78. The lowest BCUT2D eigenvalue weighted by molar-refractivity contribution is 0.706. The average molecular weight is 386 g/mol. The molecule has 0 saturated heterocycles. The highest BCUT2D eigenvalue weighted by Crippen LogP contribution is 2.20. The maximum atomic E-state index is 5.92. The Bertz CT molecular complexity index is 699. The minimum absolute atomic E-state index is 0.478. The third kappa shape index (κ3) is 8.59. The predicted molar refractivity (Wildman–Crippen MR) is 118 cm³/mol. The first-order chi connectivity index (χ1) is 12.8. The van der Waals surface area contributed by atoms with Crippen LogP contribution in [0.1, 0.15) is 43.7 Å². The lowest BCUT2D eigenvalue weighted by Gasteiger charge is -2.02. The van der Waals surface area contributed by atoms with Gasteiger partial charge in [0.25, 0.3) is 0 Å². The van der Waals surface area contributed by atoms with Crippen molar-refractivity contribution in [2.75, 3.05) is 5.75 Å². The second kappa shape index (κ2) is 12.6. The average Bonchev–Trinajstić information content (AvgIpc) is 2.67. The fourth-order valence-corrected chi connectivity index (χ4v) is 3.91. The number of nitrogens with zero attached hydrogens (tertiary/aromatic N) is 2. The van der Waals surface area contributed by atoms with Crippen molar-refractivity contribution in [3.05, 3.63) is 65.7 Å². The van der Waals surface area contributed by atoms with Crippen molar-refractivity contribution >= 4 is 34.9 Å². The number of hydrogen-bond donors (Lipinski definition) is 1. The van der Waals surface area contributed by atoms with E-state index in [0.717, 1.165) is 11.3 Å². The van der Waals surface area contributed by atoms with Gasteiger partial charge in [0.15, 0.2) is 5.17 Å². The van der Waals surface area contributed by atoms with Crippen molar-refractivity contribution in [3.8, 4) is 0 Å². The summed E-state index contributed by atoms with van der Waals surface area (Å²) in [4.78, 5) is 1.28. The molecule has 0 unspecified atom stereocenters. The summed E-state index contributed by atoms with van der Waals surface area (Å²) in [5.74, 6) is 1.97. The van der Waals surface area contributed by atoms with Crippen LogP contribution < -0.4 is 5.73 Å². The summed E-state index contributed by atoms with van der Waals surface area (Å²) >= 11 is 3.40. The van der Waals surface area contributed by atoms with Gasteiger partial charge in [-0.25, -0.2) is 0 Å². The molecular weight excluding hydrogens is 358 g/mol. The van der Waals surface area contributed by atoms with Gasteiger partial charge in [0, 0.05) is 10.6 Å². The Hall–Kier alpha value is -1.72. The molecule has 0 heterocycles. The van der Waals surface area contributed by atoms with E-state index in [4.69, 9.17) is 5.73 Å². The minimum atomic E-state index is 0.478. The SMILES string of the molecule is CCCCCCSc1cccc(C=NN=C(N)SCc2ccccc2)c1. The third-order valence-electron chi connectivity index (χ3n) is 3.72. The third-order valence-corrected chi connectivity index (χ3v) is 5.65. The molecule has 3 nitrogen and oxygen atoms in total. The molecular formula is C21H27N3S2. The summed E-state index contributed by atoms with van der Waals surface area (Å²) in [5, 5.41) is 8.68. The summed E-state index contributed by atoms with van der Waals surface area (Å²) in [6, 6.07) is 18.6. The van der Waals surface area contributed by atoms with Crippen molar-refractivity contribution in [3.63, 3.8) is 0 Å². The molecule has 2 aromatic carbocycles. The first kappa shape index (κ1) is 20.6. The smallest absolute Gasteiger partial charge is 0.180 e. The molecule has 0 radical (unpaired) electrons. The molecule has 0 atom stereocenters. The second-order valence-electron chi connectivity index (χ2n) is 5.94. The molecule has 2 N–H and O–H groups in total. The molecule has 0 fully saturated rings. The van der Waals surface area contributed by atoms with Gasteiger partial charge >= 0.3 is 0 Å². The maximum absolute atomic E-state index is 5.92. The van der Waals surface area contributed by atoms with Crippen LogP contribution in [0.2, 0.25) is 0 Å². The van der Waals surface area contributed by atoms with Gasteiger partial charge in [-0.15, -0.1) is 16.9 Å². The molecule has 2 rings (SSSR count). The molecule has 138 valence electrons. The van der Waals surface area contributed by atoms with Crippen LogP contribution in [-0.2, 0) is 5.75 Å². The molecule has 0 aliphatic carbocycles. The highest BCUT2D eigenvalue weighted by molar-refractivity contribution is 8.13. The van der Waals surface area contributed by atoms with Crippen LogP contribution in [0.15, 0.2) is 69.7 Å². The Morgan fingerprint density at radius 1 is 1.04 bits per heavy atom. The molecule has 0 aliphatic heterocycles. The molecule has 26 heavy (non-hydrogen) atoms. The van der Waals surface area contributed by atoms with Crippen LogP contribution >= 0.6 is 23.5 Å². The fourth-order valence-electron chi connectivity index (χ4n) is 2.32. The van der Waals surface area contributed by atoms with E-state index >= 15 is 0 Å². The van der Waals surface area contributed by atoms with Crippen molar-refractivity contribution in [2.45, 2.75) is 43.3 Å². The van der Waals surface area contributed by atoms with Gasteiger partial charge in [-0.05, 0) is 35.4 Å². The Kier molecular flexibility index (Phi) is 9.98. The van der Waals surface area contributed by atoms with Crippen molar-refractivity contribution < 1.29 is 0 Å². The van der Waals surface area contributed by atoms with Gasteiger partial charge in [-0.3, -0.25) is 0 Å². The zero-order chi connectivity index (χ0) is 18.5. The van der Waals surface area contributed by atoms with E-state index in [1.165, 1.54) is 53.7 Å². The predicted octanol–water partition coefficient (Wildman–Crippen LogP) is 5.94. The van der Waals surface area contributed by atoms with Gasteiger partial charge in [0.2, 0.25) is 0 Å². The Morgan fingerprint density at radius 2 is 1.88 bits per heavy atom. The first-order valence-electron chi connectivity index (χ1n) is 9.04. The number of nitrogens with two attached hydrogens (primary N) is 1. The molecule has 0 saturated carbocycles. The van der Waals surface area contributed by atoms with E-state index in [1.54, 1.807) is 6.21 Å². The number of rotatable bonds is 10.